The van der Waals surface area contributed by atoms with Crippen LogP contribution in [0.1, 0.15) is 13.3 Å². The van der Waals surface area contributed by atoms with Gasteiger partial charge in [0.2, 0.25) is 0 Å². The highest BCUT2D eigenvalue weighted by Crippen LogP contribution is 2.29. The molecule has 8 heteroatoms. The lowest BCUT2D eigenvalue weighted by molar-refractivity contribution is -0.143. The van der Waals surface area contributed by atoms with Crippen LogP contribution >= 0.6 is 0 Å². The number of ether oxygens (including phenoxy) is 2. The van der Waals surface area contributed by atoms with Gasteiger partial charge in [0, 0.05) is 20.3 Å². The number of esters is 1. The predicted octanol–water partition coefficient (Wildman–Crippen LogP) is 4.18. The molecule has 0 radical (unpaired) electrons. The van der Waals surface area contributed by atoms with Gasteiger partial charge in [-0.1, -0.05) is 26.2 Å². The highest BCUT2D eigenvalue weighted by atomic mass is 28.4. The molecule has 2 unspecified atom stereocenters. The minimum absolute atomic E-state index is 0.0630. The van der Waals surface area contributed by atoms with Crippen LogP contribution in [-0.4, -0.2) is 61.7 Å². The third kappa shape index (κ3) is 13.9. The predicted molar refractivity (Wildman–Crippen MR) is 116 cm³/mol. The van der Waals surface area contributed by atoms with Gasteiger partial charge in [-0.15, -0.1) is 0 Å². The van der Waals surface area contributed by atoms with E-state index in [9.17, 15) is 9.90 Å². The van der Waals surface area contributed by atoms with Crippen LogP contribution in [0.4, 0.5) is 0 Å². The fourth-order valence-electron chi connectivity index (χ4n) is 3.15. The molecule has 0 fully saturated rings. The number of hydrogen-bond donors (Lipinski definition) is 1. The lowest BCUT2D eigenvalue weighted by atomic mass is 10.3. The quantitative estimate of drug-likeness (QED) is 0.210. The molecule has 0 spiro atoms. The van der Waals surface area contributed by atoms with Gasteiger partial charge in [0.1, 0.15) is 12.7 Å². The summed E-state index contributed by atoms with van der Waals surface area (Å²) in [6, 6.07) is 1.09. The van der Waals surface area contributed by atoms with Crippen LogP contribution in [-0.2, 0) is 18.4 Å². The first-order chi connectivity index (χ1) is 11.6. The van der Waals surface area contributed by atoms with Crippen LogP contribution in [0.15, 0.2) is 12.2 Å². The standard InChI is InChI=1S/C18H40O5Si3/c1-16(2)18(20)22-14-17(19)13-21-11-10-12-26(9,15-24(3,4)5)23-25(6,7)8/h17,19H,1,10-15H2,2-9H3. The average molecular weight is 421 g/mol. The van der Waals surface area contributed by atoms with Crippen molar-refractivity contribution in [3.8, 4) is 0 Å². The van der Waals surface area contributed by atoms with E-state index in [0.717, 1.165) is 12.5 Å². The molecular weight excluding hydrogens is 380 g/mol. The van der Waals surface area contributed by atoms with Gasteiger partial charge in [-0.2, -0.15) is 0 Å². The number of hydrogen-bond acceptors (Lipinski definition) is 5. The third-order valence-electron chi connectivity index (χ3n) is 3.52. The Balaban J connectivity index is 4.26. The Kier molecular flexibility index (Phi) is 10.8. The highest BCUT2D eigenvalue weighted by molar-refractivity contribution is 6.96. The molecule has 0 aromatic heterocycles. The molecule has 0 heterocycles. The van der Waals surface area contributed by atoms with E-state index in [2.05, 4.69) is 52.4 Å². The largest absolute Gasteiger partial charge is 0.460 e. The van der Waals surface area contributed by atoms with E-state index in [1.54, 1.807) is 6.92 Å². The van der Waals surface area contributed by atoms with Crippen LogP contribution < -0.4 is 0 Å². The van der Waals surface area contributed by atoms with Crippen molar-refractivity contribution in [2.45, 2.75) is 77.0 Å². The van der Waals surface area contributed by atoms with Gasteiger partial charge in [0.25, 0.3) is 0 Å². The molecule has 0 aliphatic rings. The van der Waals surface area contributed by atoms with Gasteiger partial charge >= 0.3 is 5.97 Å². The van der Waals surface area contributed by atoms with E-state index in [1.165, 1.54) is 5.67 Å². The molecular formula is C18H40O5Si3. The molecule has 1 N–H and O–H groups in total. The number of rotatable bonds is 13. The Morgan fingerprint density at radius 2 is 1.65 bits per heavy atom. The van der Waals surface area contributed by atoms with Gasteiger partial charge in [-0.25, -0.2) is 4.79 Å². The summed E-state index contributed by atoms with van der Waals surface area (Å²) < 4.78 is 17.1. The first kappa shape index (κ1) is 25.7. The normalized spacial score (nSPS) is 16.0. The molecule has 0 bridgehead atoms. The van der Waals surface area contributed by atoms with E-state index in [1.807, 2.05) is 0 Å². The van der Waals surface area contributed by atoms with Crippen molar-refractivity contribution in [3.05, 3.63) is 12.2 Å². The van der Waals surface area contributed by atoms with Crippen LogP contribution in [0.5, 0.6) is 0 Å². The van der Waals surface area contributed by atoms with Crippen molar-refractivity contribution in [1.82, 2.24) is 0 Å². The zero-order valence-electron chi connectivity index (χ0n) is 18.1. The maximum absolute atomic E-state index is 11.3. The molecule has 0 aromatic carbocycles. The second kappa shape index (κ2) is 10.9. The summed E-state index contributed by atoms with van der Waals surface area (Å²) in [4.78, 5) is 11.3. The van der Waals surface area contributed by atoms with E-state index >= 15 is 0 Å². The van der Waals surface area contributed by atoms with Gasteiger partial charge in [-0.05, 0) is 51.2 Å². The van der Waals surface area contributed by atoms with Gasteiger partial charge in [-0.3, -0.25) is 0 Å². The molecule has 0 aliphatic heterocycles. The molecule has 0 saturated heterocycles. The summed E-state index contributed by atoms with van der Waals surface area (Å²) in [5.41, 5.74) is 1.59. The zero-order valence-corrected chi connectivity index (χ0v) is 21.1. The number of carbonyl (C=O) groups excluding carboxylic acids is 1. The lowest BCUT2D eigenvalue weighted by Crippen LogP contribution is -2.49. The Labute approximate surface area is 163 Å². The fourth-order valence-corrected chi connectivity index (χ4v) is 21.0. The summed E-state index contributed by atoms with van der Waals surface area (Å²) in [5.74, 6) is -0.486. The van der Waals surface area contributed by atoms with Crippen LogP contribution in [0.3, 0.4) is 0 Å². The Morgan fingerprint density at radius 3 is 2.12 bits per heavy atom. The summed E-state index contributed by atoms with van der Waals surface area (Å²) >= 11 is 0. The third-order valence-corrected chi connectivity index (χ3v) is 16.6. The van der Waals surface area contributed by atoms with Crippen molar-refractivity contribution in [2.75, 3.05) is 19.8 Å². The molecule has 0 saturated carbocycles. The lowest BCUT2D eigenvalue weighted by Gasteiger charge is -2.38. The van der Waals surface area contributed by atoms with E-state index in [-0.39, 0.29) is 13.2 Å². The van der Waals surface area contributed by atoms with Crippen molar-refractivity contribution in [3.63, 3.8) is 0 Å². The minimum atomic E-state index is -1.74. The molecule has 154 valence electrons. The van der Waals surface area contributed by atoms with Crippen molar-refractivity contribution >= 4 is 30.7 Å². The Bertz CT molecular complexity index is 439. The fraction of sp³-hybridized carbons (Fsp3) is 0.833. The van der Waals surface area contributed by atoms with Crippen LogP contribution in [0, 0.1) is 0 Å². The maximum Gasteiger partial charge on any atom is 0.333 e. The Morgan fingerprint density at radius 1 is 1.08 bits per heavy atom. The monoisotopic (exact) mass is 420 g/mol. The van der Waals surface area contributed by atoms with Crippen molar-refractivity contribution in [2.24, 2.45) is 0 Å². The summed E-state index contributed by atoms with van der Waals surface area (Å²) in [6.07, 6.45) is 0.137. The molecule has 0 aliphatic carbocycles. The molecule has 26 heavy (non-hydrogen) atoms. The SMILES string of the molecule is C=C(C)C(=O)OCC(O)COCCC[Si](C)(C[Si](C)(C)C)O[Si](C)(C)C. The first-order valence-corrected chi connectivity index (χ1v) is 19.4. The van der Waals surface area contributed by atoms with Gasteiger partial charge in [0.15, 0.2) is 16.6 Å². The second-order valence-electron chi connectivity index (χ2n) is 9.61. The summed E-state index contributed by atoms with van der Waals surface area (Å²) in [7, 11) is -4.49. The zero-order chi connectivity index (χ0) is 20.6. The second-order valence-corrected chi connectivity index (χ2v) is 24.6. The maximum atomic E-state index is 11.3. The molecule has 2 atom stereocenters. The van der Waals surface area contributed by atoms with Crippen molar-refractivity contribution < 1.29 is 23.5 Å². The minimum Gasteiger partial charge on any atom is -0.460 e. The molecule has 5 nitrogen and oxygen atoms in total. The van der Waals surface area contributed by atoms with Gasteiger partial charge < -0.3 is 18.7 Å². The topological polar surface area (TPSA) is 65.0 Å². The van der Waals surface area contributed by atoms with Gasteiger partial charge in [0.05, 0.1) is 6.61 Å². The first-order valence-electron chi connectivity index (χ1n) is 9.42. The average Bonchev–Trinajstić information content (AvgIpc) is 2.39. The number of carbonyl (C=O) groups is 1. The summed E-state index contributed by atoms with van der Waals surface area (Å²) in [6.45, 7) is 22.2. The molecule has 0 amide bonds. The van der Waals surface area contributed by atoms with Crippen molar-refractivity contribution in [1.29, 1.82) is 0 Å². The van der Waals surface area contributed by atoms with E-state index in [4.69, 9.17) is 13.6 Å². The summed E-state index contributed by atoms with van der Waals surface area (Å²) in [5, 5.41) is 9.81. The Hall–Kier alpha value is -0.259. The smallest absolute Gasteiger partial charge is 0.333 e. The highest BCUT2D eigenvalue weighted by Gasteiger charge is 2.37. The van der Waals surface area contributed by atoms with Crippen LogP contribution in [0.25, 0.3) is 0 Å². The number of aliphatic hydroxyl groups excluding tert-OH is 1. The molecule has 0 aromatic rings. The molecule has 0 rings (SSSR count). The van der Waals surface area contributed by atoms with Crippen LogP contribution in [0.2, 0.25) is 57.5 Å². The van der Waals surface area contributed by atoms with E-state index < -0.39 is 36.8 Å². The van der Waals surface area contributed by atoms with E-state index in [0.29, 0.717) is 12.2 Å². The number of aliphatic hydroxyl groups is 1.